The number of nitrogens with two attached hydrogens (primary N) is 1. The zero-order valence-corrected chi connectivity index (χ0v) is 10.9. The van der Waals surface area contributed by atoms with E-state index in [-0.39, 0.29) is 5.91 Å². The Labute approximate surface area is 103 Å². The summed E-state index contributed by atoms with van der Waals surface area (Å²) < 4.78 is 0. The maximum Gasteiger partial charge on any atom is 0.253 e. The van der Waals surface area contributed by atoms with Gasteiger partial charge in [-0.3, -0.25) is 4.79 Å². The van der Waals surface area contributed by atoms with Gasteiger partial charge in [-0.05, 0) is 25.0 Å². The summed E-state index contributed by atoms with van der Waals surface area (Å²) in [6.07, 6.45) is 2.88. The van der Waals surface area contributed by atoms with Crippen molar-refractivity contribution in [2.24, 2.45) is 0 Å². The number of aryl methyl sites for hydroxylation is 1. The van der Waals surface area contributed by atoms with Gasteiger partial charge in [-0.1, -0.05) is 20.3 Å². The number of nitrogen functional groups attached to an aromatic ring is 1. The van der Waals surface area contributed by atoms with E-state index in [9.17, 15) is 4.79 Å². The molecule has 0 aromatic carbocycles. The standard InChI is InChI=1S/C13H21N3O/c1-4-6-7-16(3)13(17)10-8-11(5-2)15-12(14)9-10/h8-9H,4-7H2,1-3H3,(H2,14,15). The quantitative estimate of drug-likeness (QED) is 0.850. The van der Waals surface area contributed by atoms with E-state index in [1.165, 1.54) is 0 Å². The molecule has 1 aromatic rings. The van der Waals surface area contributed by atoms with Gasteiger partial charge in [-0.2, -0.15) is 0 Å². The number of anilines is 1. The lowest BCUT2D eigenvalue weighted by Crippen LogP contribution is -2.28. The third kappa shape index (κ3) is 3.73. The minimum Gasteiger partial charge on any atom is -0.384 e. The molecule has 0 bridgehead atoms. The maximum absolute atomic E-state index is 12.1. The Kier molecular flexibility index (Phi) is 4.94. The highest BCUT2D eigenvalue weighted by molar-refractivity contribution is 5.94. The van der Waals surface area contributed by atoms with Crippen LogP contribution in [0.15, 0.2) is 12.1 Å². The van der Waals surface area contributed by atoms with Gasteiger partial charge in [0, 0.05) is 24.8 Å². The number of amides is 1. The van der Waals surface area contributed by atoms with Crippen LogP contribution >= 0.6 is 0 Å². The second kappa shape index (κ2) is 6.23. The Hall–Kier alpha value is -1.58. The van der Waals surface area contributed by atoms with Gasteiger partial charge in [0.15, 0.2) is 0 Å². The van der Waals surface area contributed by atoms with E-state index in [0.717, 1.165) is 31.5 Å². The monoisotopic (exact) mass is 235 g/mol. The molecule has 1 heterocycles. The zero-order chi connectivity index (χ0) is 12.8. The Morgan fingerprint density at radius 1 is 1.41 bits per heavy atom. The molecule has 94 valence electrons. The van der Waals surface area contributed by atoms with Gasteiger partial charge in [0.05, 0.1) is 0 Å². The van der Waals surface area contributed by atoms with Gasteiger partial charge < -0.3 is 10.6 Å². The van der Waals surface area contributed by atoms with Crippen molar-refractivity contribution < 1.29 is 4.79 Å². The van der Waals surface area contributed by atoms with Crippen LogP contribution in [0, 0.1) is 0 Å². The highest BCUT2D eigenvalue weighted by atomic mass is 16.2. The minimum absolute atomic E-state index is 0.0160. The van der Waals surface area contributed by atoms with Crippen LogP contribution in [0.2, 0.25) is 0 Å². The van der Waals surface area contributed by atoms with Gasteiger partial charge in [0.25, 0.3) is 5.91 Å². The summed E-state index contributed by atoms with van der Waals surface area (Å²) in [6.45, 7) is 4.88. The molecule has 17 heavy (non-hydrogen) atoms. The predicted octanol–water partition coefficient (Wildman–Crippen LogP) is 2.10. The van der Waals surface area contributed by atoms with Crippen molar-refractivity contribution in [3.05, 3.63) is 23.4 Å². The number of rotatable bonds is 5. The van der Waals surface area contributed by atoms with Crippen LogP contribution in [0.25, 0.3) is 0 Å². The van der Waals surface area contributed by atoms with Gasteiger partial charge in [-0.15, -0.1) is 0 Å². The fraction of sp³-hybridized carbons (Fsp3) is 0.538. The van der Waals surface area contributed by atoms with Crippen LogP contribution in [0.4, 0.5) is 5.82 Å². The predicted molar refractivity (Wildman–Crippen MR) is 69.9 cm³/mol. The van der Waals surface area contributed by atoms with E-state index in [1.54, 1.807) is 11.0 Å². The third-order valence-corrected chi connectivity index (χ3v) is 2.70. The van der Waals surface area contributed by atoms with Crippen molar-refractivity contribution in [1.82, 2.24) is 9.88 Å². The molecule has 2 N–H and O–H groups in total. The molecule has 0 aliphatic heterocycles. The molecule has 0 radical (unpaired) electrons. The fourth-order valence-electron chi connectivity index (χ4n) is 1.63. The van der Waals surface area contributed by atoms with Gasteiger partial charge in [0.2, 0.25) is 0 Å². The van der Waals surface area contributed by atoms with E-state index in [2.05, 4.69) is 11.9 Å². The molecule has 0 spiro atoms. The van der Waals surface area contributed by atoms with Crippen LogP contribution in [-0.2, 0) is 6.42 Å². The molecule has 0 unspecified atom stereocenters. The van der Waals surface area contributed by atoms with Crippen molar-refractivity contribution in [2.45, 2.75) is 33.1 Å². The highest BCUT2D eigenvalue weighted by Gasteiger charge is 2.12. The van der Waals surface area contributed by atoms with E-state index >= 15 is 0 Å². The summed E-state index contributed by atoms with van der Waals surface area (Å²) in [4.78, 5) is 18.0. The van der Waals surface area contributed by atoms with Gasteiger partial charge in [-0.25, -0.2) is 4.98 Å². The first kappa shape index (κ1) is 13.5. The maximum atomic E-state index is 12.1. The summed E-state index contributed by atoms with van der Waals surface area (Å²) in [6, 6.07) is 3.46. The van der Waals surface area contributed by atoms with Crippen molar-refractivity contribution in [2.75, 3.05) is 19.3 Å². The topological polar surface area (TPSA) is 59.2 Å². The van der Waals surface area contributed by atoms with Gasteiger partial charge in [0.1, 0.15) is 5.82 Å². The molecular formula is C13H21N3O. The minimum atomic E-state index is 0.0160. The van der Waals surface area contributed by atoms with Crippen molar-refractivity contribution in [1.29, 1.82) is 0 Å². The normalized spacial score (nSPS) is 10.3. The molecule has 0 atom stereocenters. The number of carbonyl (C=O) groups excluding carboxylic acids is 1. The van der Waals surface area contributed by atoms with E-state index in [0.29, 0.717) is 11.4 Å². The lowest BCUT2D eigenvalue weighted by Gasteiger charge is -2.17. The van der Waals surface area contributed by atoms with Crippen molar-refractivity contribution in [3.63, 3.8) is 0 Å². The molecule has 1 rings (SSSR count). The molecule has 0 aliphatic carbocycles. The van der Waals surface area contributed by atoms with E-state index in [4.69, 9.17) is 5.73 Å². The molecule has 0 fully saturated rings. The smallest absolute Gasteiger partial charge is 0.253 e. The summed E-state index contributed by atoms with van der Waals surface area (Å²) in [5.41, 5.74) is 7.18. The van der Waals surface area contributed by atoms with E-state index in [1.807, 2.05) is 20.0 Å². The number of pyridine rings is 1. The summed E-state index contributed by atoms with van der Waals surface area (Å²) in [5, 5.41) is 0. The number of unbranched alkanes of at least 4 members (excludes halogenated alkanes) is 1. The first-order valence-electron chi connectivity index (χ1n) is 6.10. The average Bonchev–Trinajstić information content (AvgIpc) is 2.34. The Bertz CT molecular complexity index is 390. The summed E-state index contributed by atoms with van der Waals surface area (Å²) in [5.74, 6) is 0.429. The molecule has 4 heteroatoms. The molecule has 0 saturated carbocycles. The largest absolute Gasteiger partial charge is 0.384 e. The van der Waals surface area contributed by atoms with Crippen LogP contribution < -0.4 is 5.73 Å². The lowest BCUT2D eigenvalue weighted by molar-refractivity contribution is 0.0793. The Balaban J connectivity index is 2.84. The number of aromatic nitrogens is 1. The first-order chi connectivity index (χ1) is 8.08. The second-order valence-corrected chi connectivity index (χ2v) is 4.21. The molecule has 4 nitrogen and oxygen atoms in total. The number of carbonyl (C=O) groups is 1. The van der Waals surface area contributed by atoms with Crippen LogP contribution in [0.1, 0.15) is 42.7 Å². The summed E-state index contributed by atoms with van der Waals surface area (Å²) in [7, 11) is 1.82. The fourth-order valence-corrected chi connectivity index (χ4v) is 1.63. The van der Waals surface area contributed by atoms with Crippen LogP contribution in [0.5, 0.6) is 0 Å². The second-order valence-electron chi connectivity index (χ2n) is 4.21. The SMILES string of the molecule is CCCCN(C)C(=O)c1cc(N)nc(CC)c1. The number of nitrogens with zero attached hydrogens (tertiary/aromatic N) is 2. The van der Waals surface area contributed by atoms with E-state index < -0.39 is 0 Å². The zero-order valence-electron chi connectivity index (χ0n) is 10.9. The molecule has 0 saturated heterocycles. The Morgan fingerprint density at radius 2 is 2.12 bits per heavy atom. The molecular weight excluding hydrogens is 214 g/mol. The molecule has 1 amide bonds. The number of hydrogen-bond donors (Lipinski definition) is 1. The third-order valence-electron chi connectivity index (χ3n) is 2.70. The van der Waals surface area contributed by atoms with Crippen LogP contribution in [-0.4, -0.2) is 29.4 Å². The number of hydrogen-bond acceptors (Lipinski definition) is 3. The van der Waals surface area contributed by atoms with Crippen LogP contribution in [0.3, 0.4) is 0 Å². The molecule has 1 aromatic heterocycles. The highest BCUT2D eigenvalue weighted by Crippen LogP contribution is 2.11. The average molecular weight is 235 g/mol. The first-order valence-corrected chi connectivity index (χ1v) is 6.10. The Morgan fingerprint density at radius 3 is 2.71 bits per heavy atom. The van der Waals surface area contributed by atoms with Crippen molar-refractivity contribution >= 4 is 11.7 Å². The van der Waals surface area contributed by atoms with Crippen molar-refractivity contribution in [3.8, 4) is 0 Å². The molecule has 0 aliphatic rings. The summed E-state index contributed by atoms with van der Waals surface area (Å²) >= 11 is 0. The lowest BCUT2D eigenvalue weighted by atomic mass is 10.1. The van der Waals surface area contributed by atoms with Gasteiger partial charge >= 0.3 is 0 Å².